The molecular formula is C21H20N2O3. The Kier molecular flexibility index (Phi) is 5.17. The number of hydrogen-bond donors (Lipinski definition) is 0. The van der Waals surface area contributed by atoms with E-state index in [2.05, 4.69) is 16.7 Å². The average Bonchev–Trinajstić information content (AvgIpc) is 3.08. The Morgan fingerprint density at radius 1 is 1.15 bits per heavy atom. The van der Waals surface area contributed by atoms with Crippen molar-refractivity contribution in [3.8, 4) is 23.0 Å². The molecule has 0 aliphatic carbocycles. The predicted octanol–water partition coefficient (Wildman–Crippen LogP) is 3.23. The van der Waals surface area contributed by atoms with E-state index in [0.29, 0.717) is 29.0 Å². The lowest BCUT2D eigenvalue weighted by Gasteiger charge is -2.10. The summed E-state index contributed by atoms with van der Waals surface area (Å²) in [5.74, 6) is 2.91. The van der Waals surface area contributed by atoms with Crippen LogP contribution >= 0.6 is 0 Å². The topological polar surface area (TPSA) is 57.4 Å². The molecule has 0 bridgehead atoms. The highest BCUT2D eigenvalue weighted by atomic mass is 16.5. The first-order chi connectivity index (χ1) is 12.6. The van der Waals surface area contributed by atoms with Crippen molar-refractivity contribution >= 4 is 12.3 Å². The zero-order valence-corrected chi connectivity index (χ0v) is 15.0. The summed E-state index contributed by atoms with van der Waals surface area (Å²) in [6.07, 6.45) is 3.82. The molecule has 2 aromatic carbocycles. The average molecular weight is 348 g/mol. The Hall–Kier alpha value is -3.34. The lowest BCUT2D eigenvalue weighted by Crippen LogP contribution is -2.26. The van der Waals surface area contributed by atoms with Gasteiger partial charge in [0, 0.05) is 16.8 Å². The highest BCUT2D eigenvalue weighted by Gasteiger charge is 2.11. The Morgan fingerprint density at radius 3 is 2.58 bits per heavy atom. The summed E-state index contributed by atoms with van der Waals surface area (Å²) in [4.78, 5) is 4.27. The fourth-order valence-corrected chi connectivity index (χ4v) is 2.50. The number of nitrogens with zero attached hydrogens (tertiary/aromatic N) is 2. The lowest BCUT2D eigenvalue weighted by molar-refractivity contribution is 0.408. The molecule has 0 saturated heterocycles. The highest BCUT2D eigenvalue weighted by molar-refractivity contribution is 5.62. The Balaban J connectivity index is 2.10. The number of allylic oxidation sites excluding steroid dienone is 1. The first-order valence-electron chi connectivity index (χ1n) is 8.19. The first-order valence-corrected chi connectivity index (χ1v) is 8.19. The zero-order chi connectivity index (χ0) is 18.5. The Morgan fingerprint density at radius 2 is 1.92 bits per heavy atom. The third-order valence-electron chi connectivity index (χ3n) is 3.72. The van der Waals surface area contributed by atoms with E-state index in [1.165, 1.54) is 0 Å². The molecule has 0 saturated carbocycles. The summed E-state index contributed by atoms with van der Waals surface area (Å²) in [7, 11) is 1.60. The van der Waals surface area contributed by atoms with Gasteiger partial charge in [-0.1, -0.05) is 42.1 Å². The Bertz CT molecular complexity index is 1050. The second kappa shape index (κ2) is 7.70. The van der Waals surface area contributed by atoms with Gasteiger partial charge >= 0.3 is 0 Å². The van der Waals surface area contributed by atoms with Gasteiger partial charge in [0.05, 0.1) is 7.11 Å². The number of ether oxygens (including phenoxy) is 2. The van der Waals surface area contributed by atoms with E-state index >= 15 is 0 Å². The van der Waals surface area contributed by atoms with Crippen LogP contribution in [0.1, 0.15) is 12.7 Å². The van der Waals surface area contributed by atoms with Crippen LogP contribution in [0, 0.1) is 6.92 Å². The second-order valence-electron chi connectivity index (χ2n) is 5.67. The van der Waals surface area contributed by atoms with Crippen LogP contribution in [0.15, 0.2) is 59.1 Å². The molecule has 0 aliphatic rings. The number of benzene rings is 2. The maximum atomic E-state index is 6.15. The molecule has 3 rings (SSSR count). The molecule has 0 radical (unpaired) electrons. The third-order valence-corrected chi connectivity index (χ3v) is 3.72. The maximum absolute atomic E-state index is 6.15. The van der Waals surface area contributed by atoms with Crippen LogP contribution in [0.4, 0.5) is 0 Å². The van der Waals surface area contributed by atoms with Gasteiger partial charge < -0.3 is 14.0 Å². The van der Waals surface area contributed by atoms with E-state index in [-0.39, 0.29) is 0 Å². The van der Waals surface area contributed by atoms with Crippen molar-refractivity contribution < 1.29 is 14.0 Å². The monoisotopic (exact) mass is 348 g/mol. The molecule has 0 unspecified atom stereocenters. The van der Waals surface area contributed by atoms with Crippen molar-refractivity contribution in [3.63, 3.8) is 0 Å². The van der Waals surface area contributed by atoms with Crippen LogP contribution in [-0.4, -0.2) is 17.3 Å². The van der Waals surface area contributed by atoms with Crippen LogP contribution in [0.3, 0.4) is 0 Å². The summed E-state index contributed by atoms with van der Waals surface area (Å²) in [6, 6.07) is 13.3. The van der Waals surface area contributed by atoms with Gasteiger partial charge in [-0.25, -0.2) is 0 Å². The normalized spacial score (nSPS) is 12.3. The lowest BCUT2D eigenvalue weighted by atomic mass is 10.2. The quantitative estimate of drug-likeness (QED) is 0.708. The van der Waals surface area contributed by atoms with E-state index in [9.17, 15) is 0 Å². The van der Waals surface area contributed by atoms with Gasteiger partial charge in [0.25, 0.3) is 5.89 Å². The van der Waals surface area contributed by atoms with Crippen molar-refractivity contribution in [1.82, 2.24) is 10.1 Å². The second-order valence-corrected chi connectivity index (χ2v) is 5.67. The summed E-state index contributed by atoms with van der Waals surface area (Å²) >= 11 is 0. The van der Waals surface area contributed by atoms with Crippen molar-refractivity contribution in [3.05, 3.63) is 70.9 Å². The van der Waals surface area contributed by atoms with Gasteiger partial charge in [0.2, 0.25) is 0 Å². The van der Waals surface area contributed by atoms with Gasteiger partial charge in [0.15, 0.2) is 5.82 Å². The fraction of sp³-hybridized carbons (Fsp3) is 0.143. The van der Waals surface area contributed by atoms with E-state index in [1.54, 1.807) is 14.0 Å². The molecule has 0 aliphatic heterocycles. The molecule has 0 spiro atoms. The third kappa shape index (κ3) is 3.83. The number of methoxy groups -OCH3 is 1. The largest absolute Gasteiger partial charge is 0.497 e. The highest BCUT2D eigenvalue weighted by Crippen LogP contribution is 2.30. The minimum Gasteiger partial charge on any atom is -0.497 e. The summed E-state index contributed by atoms with van der Waals surface area (Å²) < 4.78 is 16.8. The van der Waals surface area contributed by atoms with Crippen molar-refractivity contribution in [2.24, 2.45) is 0 Å². The molecule has 5 nitrogen and oxygen atoms in total. The molecule has 26 heavy (non-hydrogen) atoms. The van der Waals surface area contributed by atoms with Crippen LogP contribution in [-0.2, 0) is 0 Å². The SMILES string of the molecule is C=c1cccc/c1=C(/C=C\C)Oc1cc(OC)cc(-c2nc(C)no2)c1. The van der Waals surface area contributed by atoms with E-state index < -0.39 is 0 Å². The van der Waals surface area contributed by atoms with Gasteiger partial charge in [-0.15, -0.1) is 0 Å². The standard InChI is InChI=1S/C21H20N2O3/c1-5-8-20(19-10-7-6-9-14(19)2)25-18-12-16(11-17(13-18)24-4)21-22-15(3)23-26-21/h5-13H,2H2,1,3-4H3/b8-5-,20-19+. The minimum absolute atomic E-state index is 0.413. The summed E-state index contributed by atoms with van der Waals surface area (Å²) in [6.45, 7) is 7.78. The summed E-state index contributed by atoms with van der Waals surface area (Å²) in [5.41, 5.74) is 0.725. The van der Waals surface area contributed by atoms with Crippen LogP contribution in [0.5, 0.6) is 11.5 Å². The molecule has 0 amide bonds. The molecule has 5 heteroatoms. The number of rotatable bonds is 5. The van der Waals surface area contributed by atoms with Gasteiger partial charge in [-0.05, 0) is 37.3 Å². The molecule has 0 N–H and O–H groups in total. The van der Waals surface area contributed by atoms with Crippen molar-refractivity contribution in [2.75, 3.05) is 7.11 Å². The molecule has 1 heterocycles. The predicted molar refractivity (Wildman–Crippen MR) is 101 cm³/mol. The molecular weight excluding hydrogens is 328 g/mol. The van der Waals surface area contributed by atoms with Gasteiger partial charge in [0.1, 0.15) is 17.3 Å². The van der Waals surface area contributed by atoms with E-state index in [4.69, 9.17) is 14.0 Å². The zero-order valence-electron chi connectivity index (χ0n) is 15.0. The molecule has 3 aromatic rings. The van der Waals surface area contributed by atoms with Crippen molar-refractivity contribution in [2.45, 2.75) is 13.8 Å². The van der Waals surface area contributed by atoms with E-state index in [0.717, 1.165) is 16.0 Å². The smallest absolute Gasteiger partial charge is 0.258 e. The first kappa shape index (κ1) is 17.5. The Labute approximate surface area is 151 Å². The molecule has 1 aromatic heterocycles. The fourth-order valence-electron chi connectivity index (χ4n) is 2.50. The van der Waals surface area contributed by atoms with Crippen LogP contribution < -0.4 is 19.9 Å². The van der Waals surface area contributed by atoms with Gasteiger partial charge in [-0.2, -0.15) is 4.98 Å². The number of hydrogen-bond acceptors (Lipinski definition) is 5. The van der Waals surface area contributed by atoms with Gasteiger partial charge in [-0.3, -0.25) is 0 Å². The molecule has 0 fully saturated rings. The minimum atomic E-state index is 0.413. The molecule has 132 valence electrons. The van der Waals surface area contributed by atoms with Crippen molar-refractivity contribution in [1.29, 1.82) is 0 Å². The van der Waals surface area contributed by atoms with Crippen LogP contribution in [0.2, 0.25) is 0 Å². The molecule has 0 atom stereocenters. The van der Waals surface area contributed by atoms with E-state index in [1.807, 2.05) is 61.5 Å². The number of aryl methyl sites for hydroxylation is 1. The summed E-state index contributed by atoms with van der Waals surface area (Å²) in [5, 5.41) is 5.64. The number of aromatic nitrogens is 2. The van der Waals surface area contributed by atoms with Crippen LogP contribution in [0.25, 0.3) is 23.8 Å². The maximum Gasteiger partial charge on any atom is 0.258 e.